The first-order valence-corrected chi connectivity index (χ1v) is 20.1. The zero-order valence-electron chi connectivity index (χ0n) is 31.3. The van der Waals surface area contributed by atoms with Gasteiger partial charge in [0, 0.05) is 27.2 Å². The van der Waals surface area contributed by atoms with E-state index in [2.05, 4.69) is 91.0 Å². The lowest BCUT2D eigenvalue weighted by atomic mass is 9.88. The number of fused-ring (bicyclic) bond motifs is 1. The molecule has 1 aromatic heterocycles. The number of nitrogen functional groups attached to an aromatic ring is 1. The molecule has 56 heavy (non-hydrogen) atoms. The fourth-order valence-corrected chi connectivity index (χ4v) is 8.44. The SMILES string of the molecule is Nc1ccc(Cc2cc3ccccc3s2)cc1[C@@H]1O[C@H](COCc2ccccc2)[C@@H](OCc2ccccc2)[C@H](OCc2ccccc2)[C@H]1OCc1ccccc1. The number of benzene rings is 6. The molecule has 2 heterocycles. The molecule has 5 atom stereocenters. The van der Waals surface area contributed by atoms with E-state index in [1.165, 1.54) is 15.0 Å². The van der Waals surface area contributed by atoms with Crippen LogP contribution in [0, 0.1) is 0 Å². The van der Waals surface area contributed by atoms with Crippen LogP contribution in [0.2, 0.25) is 0 Å². The molecule has 0 amide bonds. The Hall–Kier alpha value is -5.12. The smallest absolute Gasteiger partial charge is 0.117 e. The molecule has 8 rings (SSSR count). The maximum atomic E-state index is 7.20. The van der Waals surface area contributed by atoms with Gasteiger partial charge in [0.15, 0.2) is 0 Å². The number of ether oxygens (including phenoxy) is 5. The Morgan fingerprint density at radius 3 is 1.61 bits per heavy atom. The van der Waals surface area contributed by atoms with E-state index in [-0.39, 0.29) is 6.61 Å². The fourth-order valence-electron chi connectivity index (χ4n) is 7.35. The minimum atomic E-state index is -0.580. The lowest BCUT2D eigenvalue weighted by Gasteiger charge is -2.46. The highest BCUT2D eigenvalue weighted by atomic mass is 32.1. The zero-order valence-corrected chi connectivity index (χ0v) is 32.1. The molecule has 1 saturated heterocycles. The number of hydrogen-bond donors (Lipinski definition) is 1. The first-order valence-electron chi connectivity index (χ1n) is 19.3. The first-order chi connectivity index (χ1) is 27.7. The summed E-state index contributed by atoms with van der Waals surface area (Å²) in [6, 6.07) is 57.9. The van der Waals surface area contributed by atoms with Crippen molar-refractivity contribution in [1.29, 1.82) is 0 Å². The summed E-state index contributed by atoms with van der Waals surface area (Å²) in [6.45, 7) is 1.82. The van der Waals surface area contributed by atoms with Crippen LogP contribution in [0.4, 0.5) is 5.69 Å². The summed E-state index contributed by atoms with van der Waals surface area (Å²) in [5.41, 5.74) is 13.8. The normalized spacial score (nSPS) is 19.6. The van der Waals surface area contributed by atoms with Gasteiger partial charge in [-0.25, -0.2) is 0 Å². The molecule has 6 nitrogen and oxygen atoms in total. The summed E-state index contributed by atoms with van der Waals surface area (Å²) >= 11 is 1.82. The predicted octanol–water partition coefficient (Wildman–Crippen LogP) is 10.5. The summed E-state index contributed by atoms with van der Waals surface area (Å²) in [5, 5.41) is 1.26. The third-order valence-electron chi connectivity index (χ3n) is 10.2. The van der Waals surface area contributed by atoms with Gasteiger partial charge in [0.2, 0.25) is 0 Å². The Morgan fingerprint density at radius 2 is 1.02 bits per heavy atom. The van der Waals surface area contributed by atoms with E-state index in [1.807, 2.05) is 90.2 Å². The van der Waals surface area contributed by atoms with Crippen molar-refractivity contribution in [1.82, 2.24) is 0 Å². The second-order valence-electron chi connectivity index (χ2n) is 14.3. The monoisotopic (exact) mass is 761 g/mol. The fraction of sp³-hybridized carbons (Fsp3) is 0.224. The molecule has 0 radical (unpaired) electrons. The number of hydrogen-bond acceptors (Lipinski definition) is 7. The Balaban J connectivity index is 1.17. The van der Waals surface area contributed by atoms with Crippen molar-refractivity contribution in [3.05, 3.63) is 208 Å². The Labute approximate surface area is 333 Å². The van der Waals surface area contributed by atoms with E-state index in [0.717, 1.165) is 39.8 Å². The predicted molar refractivity (Wildman–Crippen MR) is 224 cm³/mol. The first kappa shape index (κ1) is 37.8. The van der Waals surface area contributed by atoms with Crippen molar-refractivity contribution in [3.63, 3.8) is 0 Å². The summed E-state index contributed by atoms with van der Waals surface area (Å²) in [7, 11) is 0. The van der Waals surface area contributed by atoms with Gasteiger partial charge in [0.1, 0.15) is 30.5 Å². The molecule has 6 aromatic carbocycles. The highest BCUT2D eigenvalue weighted by Gasteiger charge is 2.49. The van der Waals surface area contributed by atoms with Gasteiger partial charge >= 0.3 is 0 Å². The molecule has 0 unspecified atom stereocenters. The lowest BCUT2D eigenvalue weighted by Crippen LogP contribution is -2.58. The van der Waals surface area contributed by atoms with E-state index in [9.17, 15) is 0 Å². The van der Waals surface area contributed by atoms with Crippen molar-refractivity contribution in [3.8, 4) is 0 Å². The van der Waals surface area contributed by atoms with Gasteiger partial charge in [-0.15, -0.1) is 11.3 Å². The number of thiophene rings is 1. The van der Waals surface area contributed by atoms with Gasteiger partial charge in [-0.1, -0.05) is 152 Å². The molecular formula is C49H47NO5S. The van der Waals surface area contributed by atoms with Gasteiger partial charge in [-0.05, 0) is 51.4 Å². The number of nitrogens with two attached hydrogens (primary N) is 1. The van der Waals surface area contributed by atoms with Crippen molar-refractivity contribution in [2.45, 2.75) is 63.4 Å². The summed E-state index contributed by atoms with van der Waals surface area (Å²) < 4.78 is 35.7. The average Bonchev–Trinajstić information content (AvgIpc) is 3.66. The third kappa shape index (κ3) is 9.63. The quantitative estimate of drug-likeness (QED) is 0.0989. The van der Waals surface area contributed by atoms with Gasteiger partial charge in [-0.2, -0.15) is 0 Å². The van der Waals surface area contributed by atoms with E-state index in [4.69, 9.17) is 29.4 Å². The van der Waals surface area contributed by atoms with Crippen molar-refractivity contribution < 1.29 is 23.7 Å². The number of rotatable bonds is 16. The van der Waals surface area contributed by atoms with Gasteiger partial charge in [0.05, 0.1) is 33.0 Å². The molecular weight excluding hydrogens is 715 g/mol. The van der Waals surface area contributed by atoms with Crippen LogP contribution in [-0.4, -0.2) is 31.0 Å². The van der Waals surface area contributed by atoms with Crippen LogP contribution in [-0.2, 0) is 56.5 Å². The Kier molecular flexibility index (Phi) is 12.6. The Bertz CT molecular complexity index is 2220. The molecule has 7 heteroatoms. The van der Waals surface area contributed by atoms with Gasteiger partial charge in [-0.3, -0.25) is 0 Å². The second-order valence-corrected chi connectivity index (χ2v) is 15.4. The van der Waals surface area contributed by atoms with Crippen LogP contribution in [0.3, 0.4) is 0 Å². The van der Waals surface area contributed by atoms with Crippen molar-refractivity contribution in [2.24, 2.45) is 0 Å². The minimum Gasteiger partial charge on any atom is -0.398 e. The molecule has 0 spiro atoms. The molecule has 1 aliphatic rings. The maximum absolute atomic E-state index is 7.20. The summed E-state index contributed by atoms with van der Waals surface area (Å²) in [5.74, 6) is 0. The summed E-state index contributed by atoms with van der Waals surface area (Å²) in [6.07, 6.45) is -1.96. The van der Waals surface area contributed by atoms with Gasteiger partial charge < -0.3 is 29.4 Å². The number of anilines is 1. The van der Waals surface area contributed by atoms with Crippen molar-refractivity contribution >= 4 is 27.1 Å². The van der Waals surface area contributed by atoms with Crippen LogP contribution in [0.25, 0.3) is 10.1 Å². The maximum Gasteiger partial charge on any atom is 0.117 e. The Morgan fingerprint density at radius 1 is 0.500 bits per heavy atom. The highest BCUT2D eigenvalue weighted by Crippen LogP contribution is 2.41. The minimum absolute atomic E-state index is 0.281. The topological polar surface area (TPSA) is 72.2 Å². The van der Waals surface area contributed by atoms with Crippen LogP contribution >= 0.6 is 11.3 Å². The lowest BCUT2D eigenvalue weighted by molar-refractivity contribution is -0.275. The van der Waals surface area contributed by atoms with E-state index < -0.39 is 30.5 Å². The molecule has 0 aliphatic carbocycles. The second kappa shape index (κ2) is 18.7. The highest BCUT2D eigenvalue weighted by molar-refractivity contribution is 7.19. The molecule has 284 valence electrons. The molecule has 0 saturated carbocycles. The largest absolute Gasteiger partial charge is 0.398 e. The van der Waals surface area contributed by atoms with Crippen LogP contribution in [0.1, 0.15) is 44.4 Å². The standard InChI is InChI=1S/C49H47NO5S/c50-43-26-25-39(27-41-29-40-23-13-14-24-45(40)56-41)28-42(43)46-48(53-32-37-19-9-3-10-20-37)49(54-33-38-21-11-4-12-22-38)47(52-31-36-17-7-2-8-18-36)44(55-46)34-51-30-35-15-5-1-6-16-35/h1-26,28-29,44,46-49H,27,30-34,50H2/t44-,46+,47-,48+,49+/m1/s1. The van der Waals surface area contributed by atoms with E-state index in [1.54, 1.807) is 0 Å². The van der Waals surface area contributed by atoms with E-state index >= 15 is 0 Å². The molecule has 7 aromatic rings. The average molecular weight is 762 g/mol. The van der Waals surface area contributed by atoms with Crippen LogP contribution < -0.4 is 5.73 Å². The third-order valence-corrected chi connectivity index (χ3v) is 11.3. The molecule has 2 N–H and O–H groups in total. The van der Waals surface area contributed by atoms with Crippen LogP contribution in [0.5, 0.6) is 0 Å². The molecule has 1 fully saturated rings. The summed E-state index contributed by atoms with van der Waals surface area (Å²) in [4.78, 5) is 1.29. The zero-order chi connectivity index (χ0) is 37.9. The van der Waals surface area contributed by atoms with Crippen molar-refractivity contribution in [2.75, 3.05) is 12.3 Å². The van der Waals surface area contributed by atoms with Gasteiger partial charge in [0.25, 0.3) is 0 Å². The molecule has 1 aliphatic heterocycles. The molecule has 0 bridgehead atoms. The van der Waals surface area contributed by atoms with E-state index in [0.29, 0.717) is 32.1 Å². The van der Waals surface area contributed by atoms with Crippen LogP contribution in [0.15, 0.2) is 170 Å².